The zero-order valence-electron chi connectivity index (χ0n) is 10.8. The lowest BCUT2D eigenvalue weighted by molar-refractivity contribution is -0.222. The van der Waals surface area contributed by atoms with Gasteiger partial charge in [0.1, 0.15) is 18.2 Å². The van der Waals surface area contributed by atoms with Crippen LogP contribution in [-0.2, 0) is 14.4 Å². The molecule has 2 N–H and O–H groups in total. The number of anilines is 1. The molecular weight excluding hydrogens is 262 g/mol. The summed E-state index contributed by atoms with van der Waals surface area (Å²) in [6, 6.07) is 8.51. The first-order valence-electron chi connectivity index (χ1n) is 6.27. The van der Waals surface area contributed by atoms with Gasteiger partial charge in [0, 0.05) is 0 Å². The molecule has 1 aliphatic carbocycles. The topological polar surface area (TPSA) is 79.2 Å². The van der Waals surface area contributed by atoms with Crippen LogP contribution in [0.5, 0.6) is 0 Å². The Labute approximate surface area is 115 Å². The van der Waals surface area contributed by atoms with E-state index in [9.17, 15) is 15.0 Å². The average Bonchev–Trinajstić information content (AvgIpc) is 2.51. The molecule has 1 aromatic rings. The zero-order chi connectivity index (χ0) is 14.3. The zero-order valence-corrected chi connectivity index (χ0v) is 10.8. The van der Waals surface area contributed by atoms with Gasteiger partial charge in [-0.2, -0.15) is 0 Å². The molecule has 4 atom stereocenters. The Morgan fingerprint density at radius 3 is 2.65 bits per heavy atom. The third-order valence-corrected chi connectivity index (χ3v) is 3.71. The maximum Gasteiger partial charge on any atom is 0.343 e. The van der Waals surface area contributed by atoms with Crippen LogP contribution < -0.4 is 5.06 Å². The van der Waals surface area contributed by atoms with E-state index in [1.54, 1.807) is 12.2 Å². The lowest BCUT2D eigenvalue weighted by Crippen LogP contribution is -2.72. The maximum atomic E-state index is 11.8. The Bertz CT molecular complexity index is 546. The van der Waals surface area contributed by atoms with Gasteiger partial charge in [0.05, 0.1) is 12.8 Å². The second kappa shape index (κ2) is 4.59. The minimum absolute atomic E-state index is 0.661. The molecule has 3 aliphatic rings. The number of para-hydroxylation sites is 1. The number of aliphatic hydroxyl groups excluding tert-OH is 1. The van der Waals surface area contributed by atoms with Gasteiger partial charge < -0.3 is 14.9 Å². The van der Waals surface area contributed by atoms with Crippen molar-refractivity contribution in [3.05, 3.63) is 42.5 Å². The molecule has 6 heteroatoms. The second-order valence-corrected chi connectivity index (χ2v) is 4.82. The summed E-state index contributed by atoms with van der Waals surface area (Å²) in [4.78, 5) is 17.4. The van der Waals surface area contributed by atoms with Gasteiger partial charge in [-0.3, -0.25) is 4.84 Å². The third kappa shape index (κ3) is 1.66. The van der Waals surface area contributed by atoms with E-state index < -0.39 is 29.8 Å². The van der Waals surface area contributed by atoms with Crippen LogP contribution >= 0.6 is 0 Å². The van der Waals surface area contributed by atoms with Crippen molar-refractivity contribution in [3.63, 3.8) is 0 Å². The molecule has 4 rings (SSSR count). The largest absolute Gasteiger partial charge is 0.467 e. The number of nitrogens with zero attached hydrogens (tertiary/aromatic N) is 1. The van der Waals surface area contributed by atoms with Gasteiger partial charge in [-0.05, 0) is 12.1 Å². The number of benzene rings is 1. The van der Waals surface area contributed by atoms with Gasteiger partial charge in [-0.1, -0.05) is 30.4 Å². The first-order valence-corrected chi connectivity index (χ1v) is 6.27. The van der Waals surface area contributed by atoms with Crippen molar-refractivity contribution < 1.29 is 24.6 Å². The summed E-state index contributed by atoms with van der Waals surface area (Å²) in [6.07, 6.45) is 0.950. The van der Waals surface area contributed by atoms with Crippen molar-refractivity contribution in [1.82, 2.24) is 0 Å². The molecule has 1 aromatic carbocycles. The lowest BCUT2D eigenvalue weighted by Gasteiger charge is -2.51. The maximum absolute atomic E-state index is 11.8. The van der Waals surface area contributed by atoms with Gasteiger partial charge >= 0.3 is 5.97 Å². The number of fused-ring (bicyclic) bond motifs is 2. The van der Waals surface area contributed by atoms with Crippen molar-refractivity contribution in [2.24, 2.45) is 0 Å². The molecule has 0 unspecified atom stereocenters. The molecular formula is C14H15NO5. The monoisotopic (exact) mass is 277 g/mol. The Hall–Kier alpha value is -1.89. The number of ether oxygens (including phenoxy) is 1. The molecule has 2 bridgehead atoms. The summed E-state index contributed by atoms with van der Waals surface area (Å²) in [5.74, 6) is -0.905. The highest BCUT2D eigenvalue weighted by Gasteiger charge is 2.61. The fourth-order valence-electron chi connectivity index (χ4n) is 2.62. The third-order valence-electron chi connectivity index (χ3n) is 3.71. The van der Waals surface area contributed by atoms with E-state index in [-0.39, 0.29) is 0 Å². The predicted molar refractivity (Wildman–Crippen MR) is 69.7 cm³/mol. The van der Waals surface area contributed by atoms with E-state index in [0.717, 1.165) is 12.8 Å². The molecule has 2 aliphatic heterocycles. The van der Waals surface area contributed by atoms with E-state index in [2.05, 4.69) is 4.74 Å². The van der Waals surface area contributed by atoms with Crippen LogP contribution in [-0.4, -0.2) is 47.1 Å². The number of esters is 1. The van der Waals surface area contributed by atoms with Crippen molar-refractivity contribution in [2.75, 3.05) is 12.2 Å². The Kier molecular flexibility index (Phi) is 3.01. The number of hydroxylamine groups is 1. The fourth-order valence-corrected chi connectivity index (χ4v) is 2.62. The molecule has 0 saturated carbocycles. The van der Waals surface area contributed by atoms with Gasteiger partial charge in [0.15, 0.2) is 0 Å². The summed E-state index contributed by atoms with van der Waals surface area (Å²) < 4.78 is 4.58. The van der Waals surface area contributed by atoms with Crippen LogP contribution in [0.4, 0.5) is 5.69 Å². The van der Waals surface area contributed by atoms with E-state index >= 15 is 0 Å². The Balaban J connectivity index is 1.96. The summed E-state index contributed by atoms with van der Waals surface area (Å²) in [7, 11) is 1.16. The van der Waals surface area contributed by atoms with Crippen LogP contribution in [0, 0.1) is 0 Å². The highest BCUT2D eigenvalue weighted by Crippen LogP contribution is 2.39. The minimum atomic E-state index is -2.08. The molecule has 0 aromatic heterocycles. The summed E-state index contributed by atoms with van der Waals surface area (Å²) >= 11 is 0. The number of hydrogen-bond acceptors (Lipinski definition) is 6. The fraction of sp³-hybridized carbons (Fsp3) is 0.357. The molecule has 6 nitrogen and oxygen atoms in total. The number of hydrogen-bond donors (Lipinski definition) is 2. The first-order chi connectivity index (χ1) is 9.59. The number of rotatable bonds is 2. The van der Waals surface area contributed by atoms with Gasteiger partial charge in [0.2, 0.25) is 5.60 Å². The molecule has 0 radical (unpaired) electrons. The molecule has 106 valence electrons. The number of carbonyl (C=O) groups excluding carboxylic acids is 1. The van der Waals surface area contributed by atoms with Crippen molar-refractivity contribution >= 4 is 11.7 Å². The lowest BCUT2D eigenvalue weighted by atomic mass is 9.79. The normalized spacial score (nSPS) is 35.1. The first kappa shape index (κ1) is 13.1. The van der Waals surface area contributed by atoms with Crippen LogP contribution in [0.3, 0.4) is 0 Å². The van der Waals surface area contributed by atoms with Gasteiger partial charge in [-0.25, -0.2) is 9.86 Å². The van der Waals surface area contributed by atoms with E-state index in [0.29, 0.717) is 0 Å². The van der Waals surface area contributed by atoms with Crippen molar-refractivity contribution in [1.29, 1.82) is 0 Å². The molecule has 20 heavy (non-hydrogen) atoms. The number of carbonyl (C=O) groups is 1. The SMILES string of the molecule is COC(=O)[C@]1(O)[C@@H]2C=C[C@H]([C@H]1O)N(c1ccccc1)O2. The smallest absolute Gasteiger partial charge is 0.343 e. The molecule has 1 fully saturated rings. The van der Waals surface area contributed by atoms with Crippen LogP contribution in [0.25, 0.3) is 0 Å². The van der Waals surface area contributed by atoms with Crippen molar-refractivity contribution in [2.45, 2.75) is 23.9 Å². The molecule has 2 heterocycles. The second-order valence-electron chi connectivity index (χ2n) is 4.82. The standard InChI is InChI=1S/C14H15NO5/c1-19-13(17)14(18)11-8-7-10(12(14)16)15(20-11)9-5-3-2-4-6-9/h2-8,10-12,16,18H,1H3/t10-,11+,12-,14+/m1/s1. The van der Waals surface area contributed by atoms with E-state index in [4.69, 9.17) is 4.84 Å². The predicted octanol–water partition coefficient (Wildman–Crippen LogP) is 0.0102. The van der Waals surface area contributed by atoms with E-state index in [1.165, 1.54) is 5.06 Å². The van der Waals surface area contributed by atoms with Gasteiger partial charge in [-0.15, -0.1) is 0 Å². The van der Waals surface area contributed by atoms with Crippen LogP contribution in [0.2, 0.25) is 0 Å². The van der Waals surface area contributed by atoms with Gasteiger partial charge in [0.25, 0.3) is 0 Å². The average molecular weight is 277 g/mol. The summed E-state index contributed by atoms with van der Waals surface area (Å²) in [5.41, 5.74) is -1.35. The minimum Gasteiger partial charge on any atom is -0.467 e. The van der Waals surface area contributed by atoms with Crippen LogP contribution in [0.1, 0.15) is 0 Å². The molecule has 0 spiro atoms. The molecule has 1 saturated heterocycles. The van der Waals surface area contributed by atoms with E-state index in [1.807, 2.05) is 30.3 Å². The summed E-state index contributed by atoms with van der Waals surface area (Å²) in [5, 5.41) is 22.3. The quantitative estimate of drug-likeness (QED) is 0.585. The highest BCUT2D eigenvalue weighted by atomic mass is 16.7. The van der Waals surface area contributed by atoms with Crippen molar-refractivity contribution in [3.8, 4) is 0 Å². The Morgan fingerprint density at radius 1 is 1.35 bits per heavy atom. The number of methoxy groups -OCH3 is 1. The Morgan fingerprint density at radius 2 is 2.05 bits per heavy atom. The summed E-state index contributed by atoms with van der Waals surface area (Å²) in [6.45, 7) is 0. The van der Waals surface area contributed by atoms with Crippen LogP contribution in [0.15, 0.2) is 42.5 Å². The molecule has 0 amide bonds. The highest BCUT2D eigenvalue weighted by molar-refractivity contribution is 5.82. The number of aliphatic hydroxyl groups is 2.